The molecule has 1 amide bonds. The standard InChI is InChI=1S/C9H13NO/c10-9(11)8-4-6-2-1-3-7(6)5-8/h4,6-7H,1-3,5H2,(H2,10,11). The van der Waals surface area contributed by atoms with Crippen LogP contribution in [-0.2, 0) is 4.79 Å². The molecular formula is C9H13NO. The fraction of sp³-hybridized carbons (Fsp3) is 0.667. The molecule has 0 bridgehead atoms. The zero-order chi connectivity index (χ0) is 7.84. The van der Waals surface area contributed by atoms with Crippen molar-refractivity contribution in [2.24, 2.45) is 17.6 Å². The Labute approximate surface area is 66.5 Å². The SMILES string of the molecule is NC(=O)C1=CC2CCCC2C1. The number of amides is 1. The molecule has 2 N–H and O–H groups in total. The van der Waals surface area contributed by atoms with Gasteiger partial charge in [-0.2, -0.15) is 0 Å². The number of hydrogen-bond acceptors (Lipinski definition) is 1. The van der Waals surface area contributed by atoms with Gasteiger partial charge in [-0.3, -0.25) is 4.79 Å². The van der Waals surface area contributed by atoms with Crippen LogP contribution < -0.4 is 5.73 Å². The van der Waals surface area contributed by atoms with Crippen molar-refractivity contribution in [1.82, 2.24) is 0 Å². The average molecular weight is 151 g/mol. The fourth-order valence-electron chi connectivity index (χ4n) is 2.33. The highest BCUT2D eigenvalue weighted by Gasteiger charge is 2.32. The van der Waals surface area contributed by atoms with E-state index in [0.29, 0.717) is 5.92 Å². The van der Waals surface area contributed by atoms with E-state index in [0.717, 1.165) is 17.9 Å². The van der Waals surface area contributed by atoms with Crippen molar-refractivity contribution in [2.75, 3.05) is 0 Å². The number of hydrogen-bond donors (Lipinski definition) is 1. The summed E-state index contributed by atoms with van der Waals surface area (Å²) in [4.78, 5) is 10.8. The van der Waals surface area contributed by atoms with Crippen molar-refractivity contribution in [3.05, 3.63) is 11.6 Å². The fourth-order valence-corrected chi connectivity index (χ4v) is 2.33. The molecule has 0 spiro atoms. The number of fused-ring (bicyclic) bond motifs is 1. The first-order chi connectivity index (χ1) is 5.27. The molecule has 2 rings (SSSR count). The molecule has 0 aliphatic heterocycles. The quantitative estimate of drug-likeness (QED) is 0.601. The molecule has 2 aliphatic rings. The second-order valence-corrected chi connectivity index (χ2v) is 3.62. The molecule has 11 heavy (non-hydrogen) atoms. The Morgan fingerprint density at radius 1 is 1.55 bits per heavy atom. The predicted molar refractivity (Wildman–Crippen MR) is 42.7 cm³/mol. The molecular weight excluding hydrogens is 138 g/mol. The van der Waals surface area contributed by atoms with Gasteiger partial charge in [-0.1, -0.05) is 12.5 Å². The van der Waals surface area contributed by atoms with Crippen LogP contribution >= 0.6 is 0 Å². The average Bonchev–Trinajstić information content (AvgIpc) is 2.40. The van der Waals surface area contributed by atoms with E-state index in [9.17, 15) is 4.79 Å². The smallest absolute Gasteiger partial charge is 0.244 e. The second-order valence-electron chi connectivity index (χ2n) is 3.62. The van der Waals surface area contributed by atoms with Crippen LogP contribution in [0.5, 0.6) is 0 Å². The van der Waals surface area contributed by atoms with E-state index >= 15 is 0 Å². The van der Waals surface area contributed by atoms with Crippen LogP contribution in [0.25, 0.3) is 0 Å². The van der Waals surface area contributed by atoms with E-state index in [1.54, 1.807) is 0 Å². The second kappa shape index (κ2) is 2.36. The van der Waals surface area contributed by atoms with E-state index in [-0.39, 0.29) is 5.91 Å². The molecule has 2 nitrogen and oxygen atoms in total. The Balaban J connectivity index is 2.13. The minimum atomic E-state index is -0.209. The number of allylic oxidation sites excluding steroid dienone is 1. The van der Waals surface area contributed by atoms with Gasteiger partial charge in [-0.05, 0) is 31.1 Å². The topological polar surface area (TPSA) is 43.1 Å². The predicted octanol–water partition coefficient (Wildman–Crippen LogP) is 1.22. The van der Waals surface area contributed by atoms with E-state index in [4.69, 9.17) is 5.73 Å². The lowest BCUT2D eigenvalue weighted by molar-refractivity contribution is -0.114. The highest BCUT2D eigenvalue weighted by Crippen LogP contribution is 2.42. The first-order valence-electron chi connectivity index (χ1n) is 4.28. The van der Waals surface area contributed by atoms with E-state index < -0.39 is 0 Å². The van der Waals surface area contributed by atoms with Gasteiger partial charge in [-0.15, -0.1) is 0 Å². The number of carbonyl (C=O) groups is 1. The summed E-state index contributed by atoms with van der Waals surface area (Å²) in [6.45, 7) is 0. The molecule has 0 aromatic rings. The van der Waals surface area contributed by atoms with Crippen LogP contribution in [0.3, 0.4) is 0 Å². The van der Waals surface area contributed by atoms with Gasteiger partial charge in [0.1, 0.15) is 0 Å². The molecule has 2 atom stereocenters. The Morgan fingerprint density at radius 2 is 2.36 bits per heavy atom. The molecule has 0 aromatic carbocycles. The Hall–Kier alpha value is -0.790. The minimum absolute atomic E-state index is 0.209. The maximum absolute atomic E-state index is 10.8. The number of primary amides is 1. The summed E-state index contributed by atoms with van der Waals surface area (Å²) in [5.74, 6) is 1.22. The third kappa shape index (κ3) is 1.06. The van der Waals surface area contributed by atoms with E-state index in [2.05, 4.69) is 6.08 Å². The summed E-state index contributed by atoms with van der Waals surface area (Å²) in [7, 11) is 0. The monoisotopic (exact) mass is 151 g/mol. The van der Waals surface area contributed by atoms with E-state index in [1.807, 2.05) is 0 Å². The summed E-state index contributed by atoms with van der Waals surface area (Å²) in [5.41, 5.74) is 6.07. The molecule has 1 fully saturated rings. The van der Waals surface area contributed by atoms with Gasteiger partial charge in [0.05, 0.1) is 0 Å². The Kier molecular flexibility index (Phi) is 1.48. The lowest BCUT2D eigenvalue weighted by atomic mass is 10.00. The lowest BCUT2D eigenvalue weighted by Gasteiger charge is -2.05. The maximum atomic E-state index is 10.8. The first kappa shape index (κ1) is 6.89. The normalized spacial score (nSPS) is 35.1. The molecule has 0 heterocycles. The summed E-state index contributed by atoms with van der Waals surface area (Å²) >= 11 is 0. The lowest BCUT2D eigenvalue weighted by Crippen LogP contribution is -2.13. The minimum Gasteiger partial charge on any atom is -0.366 e. The van der Waals surface area contributed by atoms with Crippen molar-refractivity contribution >= 4 is 5.91 Å². The molecule has 0 aromatic heterocycles. The van der Waals surface area contributed by atoms with Crippen molar-refractivity contribution in [1.29, 1.82) is 0 Å². The van der Waals surface area contributed by atoms with Gasteiger partial charge in [0.2, 0.25) is 5.91 Å². The number of carbonyl (C=O) groups excluding carboxylic acids is 1. The third-order valence-corrected chi connectivity index (χ3v) is 2.93. The van der Waals surface area contributed by atoms with Gasteiger partial charge in [0.15, 0.2) is 0 Å². The Bertz CT molecular complexity index is 220. The van der Waals surface area contributed by atoms with Crippen molar-refractivity contribution < 1.29 is 4.79 Å². The zero-order valence-electron chi connectivity index (χ0n) is 6.55. The van der Waals surface area contributed by atoms with Crippen molar-refractivity contribution in [3.63, 3.8) is 0 Å². The van der Waals surface area contributed by atoms with Crippen LogP contribution in [0.4, 0.5) is 0 Å². The largest absolute Gasteiger partial charge is 0.366 e. The summed E-state index contributed by atoms with van der Waals surface area (Å²) in [6, 6.07) is 0. The van der Waals surface area contributed by atoms with Crippen molar-refractivity contribution in [2.45, 2.75) is 25.7 Å². The van der Waals surface area contributed by atoms with Crippen molar-refractivity contribution in [3.8, 4) is 0 Å². The van der Waals surface area contributed by atoms with Gasteiger partial charge >= 0.3 is 0 Å². The molecule has 2 unspecified atom stereocenters. The molecule has 2 heteroatoms. The third-order valence-electron chi connectivity index (χ3n) is 2.93. The van der Waals surface area contributed by atoms with Crippen LogP contribution in [0.15, 0.2) is 11.6 Å². The van der Waals surface area contributed by atoms with Gasteiger partial charge in [0.25, 0.3) is 0 Å². The number of rotatable bonds is 1. The van der Waals surface area contributed by atoms with Crippen LogP contribution in [0, 0.1) is 11.8 Å². The van der Waals surface area contributed by atoms with Crippen LogP contribution in [0.1, 0.15) is 25.7 Å². The summed E-state index contributed by atoms with van der Waals surface area (Å²) in [5, 5.41) is 0. The molecule has 0 saturated heterocycles. The van der Waals surface area contributed by atoms with Crippen LogP contribution in [-0.4, -0.2) is 5.91 Å². The van der Waals surface area contributed by atoms with Crippen LogP contribution in [0.2, 0.25) is 0 Å². The molecule has 0 radical (unpaired) electrons. The van der Waals surface area contributed by atoms with Gasteiger partial charge in [-0.25, -0.2) is 0 Å². The number of nitrogens with two attached hydrogens (primary N) is 1. The Morgan fingerprint density at radius 3 is 3.00 bits per heavy atom. The molecule has 60 valence electrons. The summed E-state index contributed by atoms with van der Waals surface area (Å²) < 4.78 is 0. The summed E-state index contributed by atoms with van der Waals surface area (Å²) in [6.07, 6.45) is 6.93. The first-order valence-corrected chi connectivity index (χ1v) is 4.28. The zero-order valence-corrected chi connectivity index (χ0v) is 6.55. The molecule has 2 aliphatic carbocycles. The van der Waals surface area contributed by atoms with Gasteiger partial charge in [0, 0.05) is 5.57 Å². The highest BCUT2D eigenvalue weighted by atomic mass is 16.1. The molecule has 1 saturated carbocycles. The van der Waals surface area contributed by atoms with Gasteiger partial charge < -0.3 is 5.73 Å². The highest BCUT2D eigenvalue weighted by molar-refractivity contribution is 5.92. The maximum Gasteiger partial charge on any atom is 0.244 e. The van der Waals surface area contributed by atoms with E-state index in [1.165, 1.54) is 19.3 Å².